The van der Waals surface area contributed by atoms with E-state index in [9.17, 15) is 8.42 Å². The van der Waals surface area contributed by atoms with Gasteiger partial charge in [-0.25, -0.2) is 17.6 Å². The third kappa shape index (κ3) is 3.82. The van der Waals surface area contributed by atoms with Crippen LogP contribution in [-0.2, 0) is 10.0 Å². The van der Waals surface area contributed by atoms with Crippen LogP contribution in [0, 0.1) is 12.5 Å². The smallest absolute Gasteiger partial charge is 0.242 e. The van der Waals surface area contributed by atoms with Gasteiger partial charge in [-0.2, -0.15) is 0 Å². The molecule has 21 heavy (non-hydrogen) atoms. The highest BCUT2D eigenvalue weighted by molar-refractivity contribution is 7.89. The molecule has 0 radical (unpaired) electrons. The number of benzene rings is 1. The Morgan fingerprint density at radius 1 is 1.29 bits per heavy atom. The maximum Gasteiger partial charge on any atom is 0.242 e. The number of hydrogen-bond donors (Lipinski definition) is 0. The van der Waals surface area contributed by atoms with Crippen LogP contribution in [0.3, 0.4) is 0 Å². The Hall–Kier alpha value is -1.42. The zero-order valence-corrected chi connectivity index (χ0v) is 13.3. The highest BCUT2D eigenvalue weighted by Crippen LogP contribution is 2.22. The summed E-state index contributed by atoms with van der Waals surface area (Å²) in [4.78, 5) is 5.80. The summed E-state index contributed by atoms with van der Waals surface area (Å²) < 4.78 is 26.5. The third-order valence-corrected chi connectivity index (χ3v) is 5.87. The first-order chi connectivity index (χ1) is 9.93. The van der Waals surface area contributed by atoms with Gasteiger partial charge in [-0.05, 0) is 38.9 Å². The molecule has 1 saturated heterocycles. The molecule has 1 aromatic rings. The molecule has 0 spiro atoms. The van der Waals surface area contributed by atoms with Crippen LogP contribution >= 0.6 is 0 Å². The first kappa shape index (κ1) is 16.0. The van der Waals surface area contributed by atoms with Crippen LogP contribution < -0.4 is 0 Å². The van der Waals surface area contributed by atoms with Gasteiger partial charge < -0.3 is 4.90 Å². The van der Waals surface area contributed by atoms with Gasteiger partial charge in [0.25, 0.3) is 0 Å². The van der Waals surface area contributed by atoms with Crippen LogP contribution in [0.2, 0.25) is 0 Å². The molecule has 2 rings (SSSR count). The summed E-state index contributed by atoms with van der Waals surface area (Å²) in [5.41, 5.74) is 0.451. The Morgan fingerprint density at radius 2 is 1.86 bits per heavy atom. The average Bonchev–Trinajstić information content (AvgIpc) is 2.49. The van der Waals surface area contributed by atoms with Crippen LogP contribution in [0.25, 0.3) is 4.85 Å². The Morgan fingerprint density at radius 3 is 2.38 bits per heavy atom. The predicted octanol–water partition coefficient (Wildman–Crippen LogP) is 2.20. The van der Waals surface area contributed by atoms with E-state index in [1.165, 1.54) is 16.4 Å². The van der Waals surface area contributed by atoms with Gasteiger partial charge in [0.05, 0.1) is 11.5 Å². The largest absolute Gasteiger partial charge is 0.306 e. The van der Waals surface area contributed by atoms with Crippen molar-refractivity contribution >= 4 is 15.7 Å². The fourth-order valence-electron chi connectivity index (χ4n) is 2.58. The molecule has 0 N–H and O–H groups in total. The molecule has 114 valence electrons. The van der Waals surface area contributed by atoms with Crippen molar-refractivity contribution in [2.75, 3.05) is 33.7 Å². The van der Waals surface area contributed by atoms with E-state index >= 15 is 0 Å². The van der Waals surface area contributed by atoms with Crippen molar-refractivity contribution in [2.45, 2.75) is 17.7 Å². The third-order valence-electron chi connectivity index (χ3n) is 4.03. The van der Waals surface area contributed by atoms with E-state index in [4.69, 9.17) is 6.57 Å². The summed E-state index contributed by atoms with van der Waals surface area (Å²) in [6, 6.07) is 6.11. The lowest BCUT2D eigenvalue weighted by atomic mass is 9.97. The fourth-order valence-corrected chi connectivity index (χ4v) is 3.83. The number of likely N-dealkylation sites (tertiary alicyclic amines) is 1. The minimum atomic E-state index is -3.46. The summed E-state index contributed by atoms with van der Waals surface area (Å²) in [6.07, 6.45) is 2.07. The molecule has 5 nitrogen and oxygen atoms in total. The van der Waals surface area contributed by atoms with Crippen LogP contribution in [0.5, 0.6) is 0 Å². The zero-order chi connectivity index (χ0) is 15.5. The monoisotopic (exact) mass is 307 g/mol. The highest BCUT2D eigenvalue weighted by atomic mass is 32.2. The van der Waals surface area contributed by atoms with Crippen molar-refractivity contribution in [1.29, 1.82) is 0 Å². The van der Waals surface area contributed by atoms with E-state index in [0.29, 0.717) is 18.2 Å². The number of sulfonamides is 1. The number of hydrogen-bond acceptors (Lipinski definition) is 3. The maximum atomic E-state index is 12.5. The second-order valence-corrected chi connectivity index (χ2v) is 7.68. The topological polar surface area (TPSA) is 45.0 Å². The predicted molar refractivity (Wildman–Crippen MR) is 82.7 cm³/mol. The van der Waals surface area contributed by atoms with Gasteiger partial charge in [-0.3, -0.25) is 0 Å². The lowest BCUT2D eigenvalue weighted by Crippen LogP contribution is -2.37. The number of rotatable bonds is 4. The molecule has 1 aromatic carbocycles. The Bertz CT molecular complexity index is 611. The molecule has 0 atom stereocenters. The molecule has 0 bridgehead atoms. The standard InChI is InChI=1S/C15H21N3O2S/c1-16-14-4-6-15(7-5-14)21(19,20)18(3)12-13-8-10-17(2)11-9-13/h4-7,13H,8-12H2,2-3H3. The Kier molecular flexibility index (Phi) is 4.99. The molecule has 1 fully saturated rings. The summed E-state index contributed by atoms with van der Waals surface area (Å²) in [6.45, 7) is 9.51. The van der Waals surface area contributed by atoms with Gasteiger partial charge >= 0.3 is 0 Å². The van der Waals surface area contributed by atoms with E-state index in [0.717, 1.165) is 25.9 Å². The van der Waals surface area contributed by atoms with Gasteiger partial charge in [0.1, 0.15) is 0 Å². The lowest BCUT2D eigenvalue weighted by molar-refractivity contribution is 0.202. The highest BCUT2D eigenvalue weighted by Gasteiger charge is 2.25. The summed E-state index contributed by atoms with van der Waals surface area (Å²) in [5, 5.41) is 0. The van der Waals surface area contributed by atoms with Crippen molar-refractivity contribution in [3.63, 3.8) is 0 Å². The fraction of sp³-hybridized carbons (Fsp3) is 0.533. The Labute approximate surface area is 127 Å². The van der Waals surface area contributed by atoms with Crippen molar-refractivity contribution < 1.29 is 8.42 Å². The first-order valence-corrected chi connectivity index (χ1v) is 8.50. The molecule has 0 amide bonds. The summed E-state index contributed by atoms with van der Waals surface area (Å²) in [7, 11) is 0.268. The van der Waals surface area contributed by atoms with Gasteiger partial charge in [0.2, 0.25) is 10.0 Å². The number of nitrogens with zero attached hydrogens (tertiary/aromatic N) is 3. The van der Waals surface area contributed by atoms with E-state index in [1.807, 2.05) is 0 Å². The van der Waals surface area contributed by atoms with Crippen LogP contribution in [0.15, 0.2) is 29.2 Å². The van der Waals surface area contributed by atoms with E-state index < -0.39 is 10.0 Å². The molecule has 1 aliphatic rings. The Balaban J connectivity index is 2.06. The minimum absolute atomic E-state index is 0.255. The maximum absolute atomic E-state index is 12.5. The van der Waals surface area contributed by atoms with Crippen LogP contribution in [0.1, 0.15) is 12.8 Å². The van der Waals surface area contributed by atoms with E-state index in [1.54, 1.807) is 19.2 Å². The second kappa shape index (κ2) is 6.56. The molecule has 1 heterocycles. The van der Waals surface area contributed by atoms with Gasteiger partial charge in [0.15, 0.2) is 5.69 Å². The quantitative estimate of drug-likeness (QED) is 0.801. The number of piperidine rings is 1. The minimum Gasteiger partial charge on any atom is -0.306 e. The van der Waals surface area contributed by atoms with Crippen molar-refractivity contribution in [3.8, 4) is 0 Å². The zero-order valence-electron chi connectivity index (χ0n) is 12.5. The van der Waals surface area contributed by atoms with E-state index in [-0.39, 0.29) is 4.90 Å². The molecule has 0 aliphatic carbocycles. The van der Waals surface area contributed by atoms with Crippen molar-refractivity contribution in [2.24, 2.45) is 5.92 Å². The van der Waals surface area contributed by atoms with Gasteiger partial charge in [-0.1, -0.05) is 24.3 Å². The molecule has 0 saturated carbocycles. The van der Waals surface area contributed by atoms with Crippen molar-refractivity contribution in [1.82, 2.24) is 9.21 Å². The molecule has 1 aliphatic heterocycles. The molecular formula is C15H21N3O2S. The molecule has 0 aromatic heterocycles. The second-order valence-electron chi connectivity index (χ2n) is 5.64. The SMILES string of the molecule is [C-]#[N+]c1ccc(S(=O)(=O)N(C)CC2CCN(C)CC2)cc1. The molecular weight excluding hydrogens is 286 g/mol. The summed E-state index contributed by atoms with van der Waals surface area (Å²) in [5.74, 6) is 0.420. The van der Waals surface area contributed by atoms with E-state index in [2.05, 4.69) is 16.8 Å². The molecule has 6 heteroatoms. The first-order valence-electron chi connectivity index (χ1n) is 7.06. The van der Waals surface area contributed by atoms with Crippen LogP contribution in [0.4, 0.5) is 5.69 Å². The average molecular weight is 307 g/mol. The normalized spacial score (nSPS) is 17.8. The van der Waals surface area contributed by atoms with Crippen LogP contribution in [-0.4, -0.2) is 51.4 Å². The van der Waals surface area contributed by atoms with Gasteiger partial charge in [-0.15, -0.1) is 0 Å². The lowest BCUT2D eigenvalue weighted by Gasteiger charge is -2.31. The summed E-state index contributed by atoms with van der Waals surface area (Å²) >= 11 is 0. The van der Waals surface area contributed by atoms with Gasteiger partial charge in [0, 0.05) is 13.6 Å². The molecule has 0 unspecified atom stereocenters. The van der Waals surface area contributed by atoms with Crippen molar-refractivity contribution in [3.05, 3.63) is 35.7 Å².